The minimum absolute atomic E-state index is 0.222. The predicted octanol–water partition coefficient (Wildman–Crippen LogP) is 2.65. The van der Waals surface area contributed by atoms with E-state index < -0.39 is 0 Å². The molecule has 1 aromatic carbocycles. The van der Waals surface area contributed by atoms with Crippen LogP contribution in [0.15, 0.2) is 22.7 Å². The molecule has 108 valence electrons. The number of thiazole rings is 1. The van der Waals surface area contributed by atoms with Gasteiger partial charge in [-0.25, -0.2) is 4.98 Å². The van der Waals surface area contributed by atoms with Crippen LogP contribution in [-0.4, -0.2) is 27.8 Å². The summed E-state index contributed by atoms with van der Waals surface area (Å²) in [6.45, 7) is 0.832. The van der Waals surface area contributed by atoms with Gasteiger partial charge in [-0.15, -0.1) is 0 Å². The standard InChI is InChI=1S/C14H14N4O2S/c15-14-16-10-4-3-8(6-11(10)21-14)13-17-12(18-20-13)7-9-2-1-5-19-9/h3-4,6,9H,1-2,5,7H2,(H2,15,16). The molecule has 1 unspecified atom stereocenters. The van der Waals surface area contributed by atoms with Gasteiger partial charge < -0.3 is 15.0 Å². The fraction of sp³-hybridized carbons (Fsp3) is 0.357. The second kappa shape index (κ2) is 5.09. The highest BCUT2D eigenvalue weighted by Gasteiger charge is 2.19. The van der Waals surface area contributed by atoms with E-state index in [1.807, 2.05) is 18.2 Å². The predicted molar refractivity (Wildman–Crippen MR) is 80.0 cm³/mol. The van der Waals surface area contributed by atoms with Crippen LogP contribution in [0.25, 0.3) is 21.7 Å². The minimum Gasteiger partial charge on any atom is -0.378 e. The first-order chi connectivity index (χ1) is 10.3. The fourth-order valence-corrected chi connectivity index (χ4v) is 3.31. The highest BCUT2D eigenvalue weighted by atomic mass is 32.1. The Labute approximate surface area is 124 Å². The van der Waals surface area contributed by atoms with Gasteiger partial charge in [0.15, 0.2) is 11.0 Å². The number of hydrogen-bond donors (Lipinski definition) is 1. The number of benzene rings is 1. The van der Waals surface area contributed by atoms with Crippen LogP contribution >= 0.6 is 11.3 Å². The number of hydrogen-bond acceptors (Lipinski definition) is 7. The van der Waals surface area contributed by atoms with Crippen LogP contribution in [0.1, 0.15) is 18.7 Å². The van der Waals surface area contributed by atoms with Crippen molar-refractivity contribution in [3.63, 3.8) is 0 Å². The molecule has 21 heavy (non-hydrogen) atoms. The molecule has 0 aliphatic carbocycles. The normalized spacial score (nSPS) is 18.6. The highest BCUT2D eigenvalue weighted by molar-refractivity contribution is 7.22. The maximum atomic E-state index is 5.72. The number of nitrogen functional groups attached to an aromatic ring is 1. The van der Waals surface area contributed by atoms with Crippen molar-refractivity contribution >= 4 is 26.7 Å². The highest BCUT2D eigenvalue weighted by Crippen LogP contribution is 2.28. The van der Waals surface area contributed by atoms with Crippen LogP contribution in [0, 0.1) is 0 Å². The molecule has 6 nitrogen and oxygen atoms in total. The van der Waals surface area contributed by atoms with Gasteiger partial charge in [0.25, 0.3) is 5.89 Å². The molecule has 1 atom stereocenters. The van der Waals surface area contributed by atoms with E-state index in [-0.39, 0.29) is 6.10 Å². The lowest BCUT2D eigenvalue weighted by Crippen LogP contribution is -2.09. The average molecular weight is 302 g/mol. The zero-order valence-electron chi connectivity index (χ0n) is 11.3. The lowest BCUT2D eigenvalue weighted by atomic mass is 10.2. The summed E-state index contributed by atoms with van der Waals surface area (Å²) in [5, 5.41) is 4.60. The molecule has 7 heteroatoms. The van der Waals surface area contributed by atoms with Crippen molar-refractivity contribution < 1.29 is 9.26 Å². The van der Waals surface area contributed by atoms with E-state index in [2.05, 4.69) is 15.1 Å². The van der Waals surface area contributed by atoms with E-state index in [0.717, 1.165) is 35.2 Å². The molecule has 3 heterocycles. The van der Waals surface area contributed by atoms with E-state index in [0.29, 0.717) is 23.3 Å². The van der Waals surface area contributed by atoms with Crippen molar-refractivity contribution in [1.29, 1.82) is 0 Å². The second-order valence-electron chi connectivity index (χ2n) is 5.09. The third-order valence-corrected chi connectivity index (χ3v) is 4.40. The molecule has 0 amide bonds. The molecule has 0 saturated carbocycles. The van der Waals surface area contributed by atoms with Gasteiger partial charge in [0.1, 0.15) is 0 Å². The molecule has 4 rings (SSSR count). The monoisotopic (exact) mass is 302 g/mol. The molecule has 1 saturated heterocycles. The first-order valence-electron chi connectivity index (χ1n) is 6.88. The van der Waals surface area contributed by atoms with Gasteiger partial charge in [0.2, 0.25) is 0 Å². The second-order valence-corrected chi connectivity index (χ2v) is 6.15. The third kappa shape index (κ3) is 2.50. The molecule has 1 aliphatic rings. The Morgan fingerprint density at radius 2 is 2.29 bits per heavy atom. The molecule has 3 aromatic rings. The van der Waals surface area contributed by atoms with Crippen molar-refractivity contribution in [2.75, 3.05) is 12.3 Å². The summed E-state index contributed by atoms with van der Waals surface area (Å²) >= 11 is 1.45. The van der Waals surface area contributed by atoms with Crippen LogP contribution < -0.4 is 5.73 Å². The Kier molecular flexibility index (Phi) is 3.08. The summed E-state index contributed by atoms with van der Waals surface area (Å²) in [7, 11) is 0. The first kappa shape index (κ1) is 12.7. The number of ether oxygens (including phenoxy) is 1. The zero-order valence-corrected chi connectivity index (χ0v) is 12.1. The lowest BCUT2D eigenvalue weighted by Gasteiger charge is -2.03. The number of nitrogens with zero attached hydrogens (tertiary/aromatic N) is 3. The van der Waals surface area contributed by atoms with Crippen LogP contribution in [0.5, 0.6) is 0 Å². The van der Waals surface area contributed by atoms with E-state index in [4.69, 9.17) is 15.0 Å². The van der Waals surface area contributed by atoms with Crippen LogP contribution in [0.3, 0.4) is 0 Å². The van der Waals surface area contributed by atoms with Gasteiger partial charge in [-0.3, -0.25) is 0 Å². The zero-order chi connectivity index (χ0) is 14.2. The van der Waals surface area contributed by atoms with E-state index in [9.17, 15) is 0 Å². The van der Waals surface area contributed by atoms with Crippen molar-refractivity contribution in [2.45, 2.75) is 25.4 Å². The molecule has 0 spiro atoms. The summed E-state index contributed by atoms with van der Waals surface area (Å²) in [6, 6.07) is 5.82. The molecule has 0 radical (unpaired) electrons. The van der Waals surface area contributed by atoms with Gasteiger partial charge in [0.05, 0.1) is 16.3 Å². The van der Waals surface area contributed by atoms with Crippen molar-refractivity contribution in [1.82, 2.24) is 15.1 Å². The summed E-state index contributed by atoms with van der Waals surface area (Å²) < 4.78 is 12.0. The summed E-state index contributed by atoms with van der Waals surface area (Å²) in [6.07, 6.45) is 3.10. The molecular weight excluding hydrogens is 288 g/mol. The summed E-state index contributed by atoms with van der Waals surface area (Å²) in [5.74, 6) is 1.22. The average Bonchev–Trinajstić information content (AvgIpc) is 3.18. The molecule has 1 aliphatic heterocycles. The minimum atomic E-state index is 0.222. The van der Waals surface area contributed by atoms with Gasteiger partial charge in [0, 0.05) is 18.6 Å². The van der Waals surface area contributed by atoms with Crippen LogP contribution in [-0.2, 0) is 11.2 Å². The van der Waals surface area contributed by atoms with Crippen LogP contribution in [0.4, 0.5) is 5.13 Å². The SMILES string of the molecule is Nc1nc2ccc(-c3nc(CC4CCCO4)no3)cc2s1. The maximum Gasteiger partial charge on any atom is 0.257 e. The Hall–Kier alpha value is -1.99. The largest absolute Gasteiger partial charge is 0.378 e. The fourth-order valence-electron chi connectivity index (χ4n) is 2.54. The number of fused-ring (bicyclic) bond motifs is 1. The molecule has 2 N–H and O–H groups in total. The Bertz CT molecular complexity index is 776. The number of aromatic nitrogens is 3. The van der Waals surface area contributed by atoms with Gasteiger partial charge >= 0.3 is 0 Å². The van der Waals surface area contributed by atoms with E-state index in [1.54, 1.807) is 0 Å². The Morgan fingerprint density at radius 3 is 3.14 bits per heavy atom. The topological polar surface area (TPSA) is 87.1 Å². The van der Waals surface area contributed by atoms with Crippen molar-refractivity contribution in [3.05, 3.63) is 24.0 Å². The van der Waals surface area contributed by atoms with Gasteiger partial charge in [-0.1, -0.05) is 16.5 Å². The lowest BCUT2D eigenvalue weighted by molar-refractivity contribution is 0.109. The molecule has 1 fully saturated rings. The van der Waals surface area contributed by atoms with Crippen molar-refractivity contribution in [2.24, 2.45) is 0 Å². The van der Waals surface area contributed by atoms with Crippen molar-refractivity contribution in [3.8, 4) is 11.5 Å². The van der Waals surface area contributed by atoms with Gasteiger partial charge in [-0.05, 0) is 31.0 Å². The van der Waals surface area contributed by atoms with Crippen LogP contribution in [0.2, 0.25) is 0 Å². The molecule has 2 aromatic heterocycles. The summed E-state index contributed by atoms with van der Waals surface area (Å²) in [5.41, 5.74) is 7.49. The third-order valence-electron chi connectivity index (χ3n) is 3.55. The Balaban J connectivity index is 1.60. The van der Waals surface area contributed by atoms with E-state index in [1.165, 1.54) is 11.3 Å². The number of rotatable bonds is 3. The smallest absolute Gasteiger partial charge is 0.257 e. The number of anilines is 1. The first-order valence-corrected chi connectivity index (χ1v) is 7.70. The summed E-state index contributed by atoms with van der Waals surface area (Å²) in [4.78, 5) is 8.69. The molecular formula is C14H14N4O2S. The Morgan fingerprint density at radius 1 is 1.33 bits per heavy atom. The maximum absolute atomic E-state index is 5.72. The number of nitrogens with two attached hydrogens (primary N) is 1. The van der Waals surface area contributed by atoms with Gasteiger partial charge in [-0.2, -0.15) is 4.98 Å². The molecule has 0 bridgehead atoms. The quantitative estimate of drug-likeness (QED) is 0.800. The van der Waals surface area contributed by atoms with E-state index >= 15 is 0 Å².